The quantitative estimate of drug-likeness (QED) is 0.457. The zero-order valence-electron chi connectivity index (χ0n) is 20.1. The topological polar surface area (TPSA) is 108 Å². The smallest absolute Gasteiger partial charge is 0.422 e. The van der Waals surface area contributed by atoms with E-state index in [1.165, 1.54) is 12.1 Å². The van der Waals surface area contributed by atoms with Gasteiger partial charge in [-0.15, -0.1) is 0 Å². The van der Waals surface area contributed by atoms with E-state index in [0.29, 0.717) is 36.8 Å². The average Bonchev–Trinajstić information content (AvgIpc) is 3.03. The number of hydrogen-bond acceptors (Lipinski definition) is 6. The lowest BCUT2D eigenvalue weighted by Gasteiger charge is -2.32. The molecule has 1 aromatic carbocycles. The van der Waals surface area contributed by atoms with Crippen LogP contribution in [0.4, 0.5) is 13.2 Å². The zero-order valence-corrected chi connectivity index (χ0v) is 20.9. The van der Waals surface area contributed by atoms with Crippen molar-refractivity contribution in [1.82, 2.24) is 10.6 Å². The molecule has 2 aliphatic rings. The second kappa shape index (κ2) is 10.2. The van der Waals surface area contributed by atoms with Crippen molar-refractivity contribution in [2.75, 3.05) is 18.1 Å². The first-order valence-corrected chi connectivity index (χ1v) is 13.4. The number of nitrogens with one attached hydrogen (secondary N) is 3. The molecular formula is C24H32F3N3O4S. The lowest BCUT2D eigenvalue weighted by atomic mass is 9.82. The van der Waals surface area contributed by atoms with Gasteiger partial charge in [-0.2, -0.15) is 13.2 Å². The second-order valence-corrected chi connectivity index (χ2v) is 12.1. The van der Waals surface area contributed by atoms with Crippen molar-refractivity contribution >= 4 is 21.5 Å². The Morgan fingerprint density at radius 3 is 2.63 bits per heavy atom. The van der Waals surface area contributed by atoms with Crippen molar-refractivity contribution in [3.63, 3.8) is 0 Å². The number of sulfone groups is 1. The van der Waals surface area contributed by atoms with Gasteiger partial charge >= 0.3 is 6.18 Å². The average molecular weight is 516 g/mol. The fourth-order valence-corrected chi connectivity index (χ4v) is 6.62. The summed E-state index contributed by atoms with van der Waals surface area (Å²) in [5, 5.41) is 15.0. The van der Waals surface area contributed by atoms with Crippen molar-refractivity contribution < 1.29 is 31.1 Å². The van der Waals surface area contributed by atoms with E-state index in [-0.39, 0.29) is 40.8 Å². The van der Waals surface area contributed by atoms with Crippen LogP contribution < -0.4 is 15.4 Å². The Bertz CT molecular complexity index is 1120. The van der Waals surface area contributed by atoms with Crippen LogP contribution >= 0.6 is 0 Å². The fraction of sp³-hybridized carbons (Fsp3) is 0.583. The maximum atomic E-state index is 13.0. The van der Waals surface area contributed by atoms with Crippen molar-refractivity contribution in [1.29, 1.82) is 5.41 Å². The standard InChI is InChI=1S/C24H32F3N3O4S/c1-15(2)29-20-12-17(22(31)30-23(3)9-10-35(32,33)14-23)7-8-19(20)21(28)16-5-4-6-18(11-16)34-13-24(25,26)27/h4-6,11,15,17,28-29H,7-10,12-14H2,1-3H3,(H,30,31)/t17-,23+/m1/s1. The molecule has 0 spiro atoms. The number of hydrogen-bond donors (Lipinski definition) is 3. The summed E-state index contributed by atoms with van der Waals surface area (Å²) in [6.07, 6.45) is -2.83. The molecule has 0 aromatic heterocycles. The molecule has 0 saturated carbocycles. The van der Waals surface area contributed by atoms with Crippen molar-refractivity contribution in [2.24, 2.45) is 5.92 Å². The first-order valence-electron chi connectivity index (χ1n) is 11.6. The largest absolute Gasteiger partial charge is 0.484 e. The number of benzene rings is 1. The van der Waals surface area contributed by atoms with E-state index in [1.807, 2.05) is 13.8 Å². The minimum atomic E-state index is -4.46. The molecule has 0 unspecified atom stereocenters. The zero-order chi connectivity index (χ0) is 26.0. The molecule has 1 aliphatic heterocycles. The highest BCUT2D eigenvalue weighted by atomic mass is 32.2. The summed E-state index contributed by atoms with van der Waals surface area (Å²) in [5.41, 5.74) is 1.25. The molecule has 11 heteroatoms. The molecule has 0 radical (unpaired) electrons. The SMILES string of the molecule is CC(C)NC1=C(C(=N)c2cccc(OCC(F)(F)F)c2)CC[C@@H](C(=O)N[C@@]2(C)CCS(=O)(=O)C2)C1. The van der Waals surface area contributed by atoms with Gasteiger partial charge in [0.05, 0.1) is 22.8 Å². The Kier molecular flexibility index (Phi) is 7.88. The van der Waals surface area contributed by atoms with E-state index in [0.717, 1.165) is 5.70 Å². The third-order valence-electron chi connectivity index (χ3n) is 6.15. The lowest BCUT2D eigenvalue weighted by molar-refractivity contribution is -0.153. The van der Waals surface area contributed by atoms with Gasteiger partial charge < -0.3 is 15.4 Å². The fourth-order valence-electron chi connectivity index (χ4n) is 4.52. The predicted molar refractivity (Wildman–Crippen MR) is 127 cm³/mol. The van der Waals surface area contributed by atoms with Gasteiger partial charge in [0, 0.05) is 23.2 Å². The number of ether oxygens (including phenoxy) is 1. The number of rotatable bonds is 8. The summed E-state index contributed by atoms with van der Waals surface area (Å²) < 4.78 is 66.1. The molecule has 1 aromatic rings. The van der Waals surface area contributed by atoms with E-state index in [9.17, 15) is 26.4 Å². The van der Waals surface area contributed by atoms with Crippen LogP contribution in [0.3, 0.4) is 0 Å². The summed E-state index contributed by atoms with van der Waals surface area (Å²) in [5.74, 6) is -0.582. The van der Waals surface area contributed by atoms with Gasteiger partial charge in [-0.25, -0.2) is 8.42 Å². The minimum Gasteiger partial charge on any atom is -0.484 e. The molecule has 2 atom stereocenters. The van der Waals surface area contributed by atoms with E-state index < -0.39 is 28.2 Å². The Morgan fingerprint density at radius 2 is 2.03 bits per heavy atom. The highest BCUT2D eigenvalue weighted by Crippen LogP contribution is 2.33. The number of carbonyl (C=O) groups is 1. The highest BCUT2D eigenvalue weighted by Gasteiger charge is 2.41. The molecule has 1 heterocycles. The number of amides is 1. The molecule has 3 N–H and O–H groups in total. The summed E-state index contributed by atoms with van der Waals surface area (Å²) in [7, 11) is -3.16. The van der Waals surface area contributed by atoms with Crippen LogP contribution in [0.25, 0.3) is 0 Å². The molecule has 1 fully saturated rings. The van der Waals surface area contributed by atoms with Crippen LogP contribution in [0, 0.1) is 11.3 Å². The molecule has 1 aliphatic carbocycles. The van der Waals surface area contributed by atoms with Crippen LogP contribution in [-0.2, 0) is 14.6 Å². The van der Waals surface area contributed by atoms with Gasteiger partial charge in [0.15, 0.2) is 16.4 Å². The van der Waals surface area contributed by atoms with Crippen LogP contribution in [0.2, 0.25) is 0 Å². The molecule has 7 nitrogen and oxygen atoms in total. The van der Waals surface area contributed by atoms with Gasteiger partial charge in [0.1, 0.15) is 5.75 Å². The summed E-state index contributed by atoms with van der Waals surface area (Å²) in [6, 6.07) is 6.04. The first-order chi connectivity index (χ1) is 16.2. The summed E-state index contributed by atoms with van der Waals surface area (Å²) in [6.45, 7) is 4.21. The van der Waals surface area contributed by atoms with Crippen LogP contribution in [0.1, 0.15) is 52.0 Å². The van der Waals surface area contributed by atoms with Crippen LogP contribution in [-0.4, -0.2) is 55.9 Å². The van der Waals surface area contributed by atoms with Gasteiger partial charge in [-0.3, -0.25) is 10.2 Å². The number of carbonyl (C=O) groups excluding carboxylic acids is 1. The molecule has 3 rings (SSSR count). The molecule has 1 amide bonds. The maximum absolute atomic E-state index is 13.0. The van der Waals surface area contributed by atoms with Crippen molar-refractivity contribution in [3.8, 4) is 5.75 Å². The van der Waals surface area contributed by atoms with Gasteiger partial charge in [0.2, 0.25) is 5.91 Å². The normalized spacial score (nSPS) is 24.4. The number of allylic oxidation sites excluding steroid dienone is 2. The van der Waals surface area contributed by atoms with Gasteiger partial charge in [-0.05, 0) is 64.2 Å². The van der Waals surface area contributed by atoms with Crippen molar-refractivity contribution in [2.45, 2.75) is 64.2 Å². The third-order valence-corrected chi connectivity index (χ3v) is 8.05. The minimum absolute atomic E-state index is 0.0244. The Morgan fingerprint density at radius 1 is 1.31 bits per heavy atom. The number of halogens is 3. The molecular weight excluding hydrogens is 483 g/mol. The lowest BCUT2D eigenvalue weighted by Crippen LogP contribution is -2.50. The Labute approximate surface area is 203 Å². The first kappa shape index (κ1) is 27.0. The van der Waals surface area contributed by atoms with E-state index in [2.05, 4.69) is 10.6 Å². The van der Waals surface area contributed by atoms with Gasteiger partial charge in [0.25, 0.3) is 0 Å². The maximum Gasteiger partial charge on any atom is 0.422 e. The highest BCUT2D eigenvalue weighted by molar-refractivity contribution is 7.91. The predicted octanol–water partition coefficient (Wildman–Crippen LogP) is 3.74. The second-order valence-electron chi connectivity index (χ2n) is 9.89. The summed E-state index contributed by atoms with van der Waals surface area (Å²) in [4.78, 5) is 13.0. The van der Waals surface area contributed by atoms with E-state index in [1.54, 1.807) is 19.1 Å². The monoisotopic (exact) mass is 515 g/mol. The summed E-state index contributed by atoms with van der Waals surface area (Å²) >= 11 is 0. The molecule has 0 bridgehead atoms. The molecule has 194 valence electrons. The van der Waals surface area contributed by atoms with Crippen molar-refractivity contribution in [3.05, 3.63) is 41.1 Å². The number of alkyl halides is 3. The van der Waals surface area contributed by atoms with Gasteiger partial charge in [-0.1, -0.05) is 12.1 Å². The Balaban J connectivity index is 1.77. The van der Waals surface area contributed by atoms with Crippen LogP contribution in [0.15, 0.2) is 35.5 Å². The van der Waals surface area contributed by atoms with Crippen LogP contribution in [0.5, 0.6) is 5.75 Å². The molecule has 35 heavy (non-hydrogen) atoms. The molecule has 1 saturated heterocycles. The van der Waals surface area contributed by atoms with E-state index >= 15 is 0 Å². The van der Waals surface area contributed by atoms with E-state index in [4.69, 9.17) is 10.1 Å². The Hall–Kier alpha value is -2.56. The third kappa shape index (κ3) is 7.46.